The molecule has 34 heavy (non-hydrogen) atoms. The third-order valence-electron chi connectivity index (χ3n) is 5.83. The number of carbonyl (C=O) groups is 1. The van der Waals surface area contributed by atoms with Crippen molar-refractivity contribution in [1.29, 1.82) is 0 Å². The zero-order valence-corrected chi connectivity index (χ0v) is 21.2. The van der Waals surface area contributed by atoms with Gasteiger partial charge in [-0.05, 0) is 54.7 Å². The van der Waals surface area contributed by atoms with Crippen LogP contribution in [0.5, 0.6) is 0 Å². The number of rotatable bonds is 5. The van der Waals surface area contributed by atoms with E-state index in [1.54, 1.807) is 27.8 Å². The summed E-state index contributed by atoms with van der Waals surface area (Å²) in [7, 11) is -3.58. The van der Waals surface area contributed by atoms with Crippen molar-refractivity contribution in [2.45, 2.75) is 25.2 Å². The molecule has 1 aliphatic heterocycles. The van der Waals surface area contributed by atoms with Crippen molar-refractivity contribution < 1.29 is 13.2 Å². The van der Waals surface area contributed by atoms with Gasteiger partial charge in [-0.25, -0.2) is 18.4 Å². The molecule has 1 N–H and O–H groups in total. The minimum atomic E-state index is -3.58. The molecule has 3 heterocycles. The molecular formula is C24H24N4O3S3. The van der Waals surface area contributed by atoms with Crippen molar-refractivity contribution in [3.8, 4) is 10.7 Å². The van der Waals surface area contributed by atoms with Crippen LogP contribution in [-0.4, -0.2) is 41.7 Å². The van der Waals surface area contributed by atoms with E-state index in [-0.39, 0.29) is 10.8 Å². The molecule has 2 aromatic heterocycles. The van der Waals surface area contributed by atoms with Crippen LogP contribution in [0.2, 0.25) is 0 Å². The Kier molecular flexibility index (Phi) is 6.24. The summed E-state index contributed by atoms with van der Waals surface area (Å²) in [6.45, 7) is 5.20. The van der Waals surface area contributed by atoms with E-state index in [0.29, 0.717) is 41.3 Å². The molecule has 0 spiro atoms. The van der Waals surface area contributed by atoms with E-state index in [2.05, 4.69) is 29.1 Å². The van der Waals surface area contributed by atoms with Gasteiger partial charge in [0.25, 0.3) is 5.91 Å². The van der Waals surface area contributed by atoms with Crippen LogP contribution in [0.1, 0.15) is 30.6 Å². The molecule has 4 aromatic rings. The number of hydrogen-bond acceptors (Lipinski definition) is 7. The fourth-order valence-corrected chi connectivity index (χ4v) is 7.68. The first-order chi connectivity index (χ1) is 16.3. The lowest BCUT2D eigenvalue weighted by Crippen LogP contribution is -2.42. The minimum Gasteiger partial charge on any atom is -0.298 e. The summed E-state index contributed by atoms with van der Waals surface area (Å²) in [4.78, 5) is 22.0. The fourth-order valence-electron chi connectivity index (χ4n) is 4.31. The van der Waals surface area contributed by atoms with Gasteiger partial charge in [0.1, 0.15) is 10.7 Å². The SMILES string of the molecule is C[C@@H]1C[C@@H](C)CN(S(=O)(=O)c2ccc(C(=O)Nc3nc(-c4nc5ccccc5s4)cs3)cc2)C1. The number of fused-ring (bicyclic) bond motifs is 1. The van der Waals surface area contributed by atoms with Gasteiger partial charge >= 0.3 is 0 Å². The van der Waals surface area contributed by atoms with Gasteiger partial charge in [0.2, 0.25) is 10.0 Å². The molecule has 0 aliphatic carbocycles. The highest BCUT2D eigenvalue weighted by Crippen LogP contribution is 2.32. The average Bonchev–Trinajstić information content (AvgIpc) is 3.45. The van der Waals surface area contributed by atoms with Gasteiger partial charge < -0.3 is 0 Å². The Morgan fingerprint density at radius 3 is 2.44 bits per heavy atom. The first kappa shape index (κ1) is 23.1. The number of carbonyl (C=O) groups excluding carboxylic acids is 1. The van der Waals surface area contributed by atoms with Crippen molar-refractivity contribution >= 4 is 54.0 Å². The van der Waals surface area contributed by atoms with Crippen LogP contribution in [0.15, 0.2) is 58.8 Å². The number of thiazole rings is 2. The standard InChI is InChI=1S/C24H24N4O3S3/c1-15-11-16(2)13-28(12-15)34(30,31)18-9-7-17(8-10-18)22(29)27-24-26-20(14-32-24)23-25-19-5-3-4-6-21(19)33-23/h3-10,14-16H,11-13H2,1-2H3,(H,26,27,29)/t15-,16-/m1/s1. The third kappa shape index (κ3) is 4.63. The summed E-state index contributed by atoms with van der Waals surface area (Å²) in [6.07, 6.45) is 1.03. The Labute approximate surface area is 206 Å². The second-order valence-electron chi connectivity index (χ2n) is 8.77. The summed E-state index contributed by atoms with van der Waals surface area (Å²) >= 11 is 2.88. The Morgan fingerprint density at radius 2 is 1.74 bits per heavy atom. The molecule has 0 unspecified atom stereocenters. The predicted octanol–water partition coefficient (Wildman–Crippen LogP) is 5.34. The van der Waals surface area contributed by atoms with Crippen LogP contribution >= 0.6 is 22.7 Å². The van der Waals surface area contributed by atoms with Gasteiger partial charge in [-0.15, -0.1) is 22.7 Å². The number of hydrogen-bond donors (Lipinski definition) is 1. The van der Waals surface area contributed by atoms with Crippen molar-refractivity contribution in [3.63, 3.8) is 0 Å². The maximum atomic E-state index is 13.1. The summed E-state index contributed by atoms with van der Waals surface area (Å²) in [5.41, 5.74) is 2.01. The second kappa shape index (κ2) is 9.18. The largest absolute Gasteiger partial charge is 0.298 e. The van der Waals surface area contributed by atoms with Gasteiger partial charge in [0.05, 0.1) is 15.1 Å². The minimum absolute atomic E-state index is 0.206. The summed E-state index contributed by atoms with van der Waals surface area (Å²) in [5, 5.41) is 5.93. The Balaban J connectivity index is 1.28. The van der Waals surface area contributed by atoms with Crippen molar-refractivity contribution in [2.24, 2.45) is 11.8 Å². The number of nitrogens with zero attached hydrogens (tertiary/aromatic N) is 3. The highest BCUT2D eigenvalue weighted by Gasteiger charge is 2.31. The normalized spacial score (nSPS) is 19.4. The number of aromatic nitrogens is 2. The molecule has 5 rings (SSSR count). The van der Waals surface area contributed by atoms with Crippen LogP contribution in [0.3, 0.4) is 0 Å². The topological polar surface area (TPSA) is 92.3 Å². The lowest BCUT2D eigenvalue weighted by molar-refractivity contribution is 0.102. The smallest absolute Gasteiger partial charge is 0.257 e. The number of benzene rings is 2. The van der Waals surface area contributed by atoms with E-state index in [0.717, 1.165) is 21.6 Å². The van der Waals surface area contributed by atoms with Crippen LogP contribution < -0.4 is 5.32 Å². The molecule has 1 amide bonds. The predicted molar refractivity (Wildman–Crippen MR) is 137 cm³/mol. The number of sulfonamides is 1. The quantitative estimate of drug-likeness (QED) is 0.390. The Hall–Kier alpha value is -2.66. The van der Waals surface area contributed by atoms with Crippen molar-refractivity contribution in [3.05, 3.63) is 59.5 Å². The molecule has 0 bridgehead atoms. The Morgan fingerprint density at radius 1 is 1.03 bits per heavy atom. The molecule has 1 fully saturated rings. The van der Waals surface area contributed by atoms with E-state index >= 15 is 0 Å². The molecule has 2 atom stereocenters. The van der Waals surface area contributed by atoms with Gasteiger partial charge in [-0.2, -0.15) is 4.31 Å². The second-order valence-corrected chi connectivity index (χ2v) is 12.6. The van der Waals surface area contributed by atoms with Crippen LogP contribution in [0.4, 0.5) is 5.13 Å². The highest BCUT2D eigenvalue weighted by atomic mass is 32.2. The summed E-state index contributed by atoms with van der Waals surface area (Å²) in [5.74, 6) is 0.318. The lowest BCUT2D eigenvalue weighted by atomic mass is 9.94. The van der Waals surface area contributed by atoms with Gasteiger partial charge in [-0.3, -0.25) is 10.1 Å². The van der Waals surface area contributed by atoms with Crippen LogP contribution in [-0.2, 0) is 10.0 Å². The molecule has 176 valence electrons. The van der Waals surface area contributed by atoms with Crippen LogP contribution in [0, 0.1) is 11.8 Å². The van der Waals surface area contributed by atoms with Gasteiger partial charge in [0, 0.05) is 24.0 Å². The van der Waals surface area contributed by atoms with E-state index in [1.165, 1.54) is 23.5 Å². The van der Waals surface area contributed by atoms with Crippen molar-refractivity contribution in [2.75, 3.05) is 18.4 Å². The molecule has 7 nitrogen and oxygen atoms in total. The number of anilines is 1. The zero-order valence-electron chi connectivity index (χ0n) is 18.8. The highest BCUT2D eigenvalue weighted by molar-refractivity contribution is 7.89. The fraction of sp³-hybridized carbons (Fsp3) is 0.292. The van der Waals surface area contributed by atoms with Gasteiger partial charge in [0.15, 0.2) is 5.13 Å². The number of piperidine rings is 1. The number of para-hydroxylation sites is 1. The lowest BCUT2D eigenvalue weighted by Gasteiger charge is -2.34. The average molecular weight is 513 g/mol. The molecular weight excluding hydrogens is 488 g/mol. The van der Waals surface area contributed by atoms with Crippen LogP contribution in [0.25, 0.3) is 20.9 Å². The molecule has 10 heteroatoms. The van der Waals surface area contributed by atoms with Gasteiger partial charge in [-0.1, -0.05) is 26.0 Å². The summed E-state index contributed by atoms with van der Waals surface area (Å²) < 4.78 is 28.8. The van der Waals surface area contributed by atoms with E-state index in [4.69, 9.17) is 0 Å². The number of amides is 1. The van der Waals surface area contributed by atoms with E-state index in [9.17, 15) is 13.2 Å². The monoisotopic (exact) mass is 512 g/mol. The van der Waals surface area contributed by atoms with Crippen molar-refractivity contribution in [1.82, 2.24) is 14.3 Å². The molecule has 1 saturated heterocycles. The first-order valence-electron chi connectivity index (χ1n) is 11.0. The maximum Gasteiger partial charge on any atom is 0.257 e. The first-order valence-corrected chi connectivity index (χ1v) is 14.2. The summed E-state index contributed by atoms with van der Waals surface area (Å²) in [6, 6.07) is 14.0. The molecule has 0 saturated carbocycles. The molecule has 2 aromatic carbocycles. The zero-order chi connectivity index (χ0) is 23.9. The maximum absolute atomic E-state index is 13.1. The number of nitrogens with one attached hydrogen (secondary N) is 1. The molecule has 0 radical (unpaired) electrons. The van der Waals surface area contributed by atoms with E-state index < -0.39 is 10.0 Å². The Bertz CT molecular complexity index is 1400. The third-order valence-corrected chi connectivity index (χ3v) is 9.49. The van der Waals surface area contributed by atoms with E-state index in [1.807, 2.05) is 29.6 Å². The molecule has 1 aliphatic rings.